The molecule has 0 radical (unpaired) electrons. The van der Waals surface area contributed by atoms with Crippen molar-refractivity contribution in [1.82, 2.24) is 4.72 Å². The molecule has 0 aromatic rings. The summed E-state index contributed by atoms with van der Waals surface area (Å²) in [4.78, 5) is 0. The molecule has 4 nitrogen and oxygen atoms in total. The Balaban J connectivity index is 2.45. The number of aliphatic hydroxyl groups excluding tert-OH is 1. The summed E-state index contributed by atoms with van der Waals surface area (Å²) in [5.41, 5.74) is 0. The molecule has 0 bridgehead atoms. The summed E-state index contributed by atoms with van der Waals surface area (Å²) in [6.45, 7) is 1.90. The van der Waals surface area contributed by atoms with Crippen molar-refractivity contribution in [2.24, 2.45) is 5.92 Å². The third-order valence-corrected chi connectivity index (χ3v) is 4.04. The number of hydrogen-bond acceptors (Lipinski definition) is 3. The molecule has 1 aliphatic rings. The Bertz CT molecular complexity index is 259. The third-order valence-electron chi connectivity index (χ3n) is 2.43. The molecule has 0 spiro atoms. The maximum absolute atomic E-state index is 11.5. The van der Waals surface area contributed by atoms with Gasteiger partial charge in [-0.3, -0.25) is 0 Å². The van der Waals surface area contributed by atoms with Crippen LogP contribution in [0.5, 0.6) is 0 Å². The van der Waals surface area contributed by atoms with Crippen molar-refractivity contribution < 1.29 is 13.5 Å². The van der Waals surface area contributed by atoms with Crippen LogP contribution >= 0.6 is 0 Å². The topological polar surface area (TPSA) is 66.4 Å². The van der Waals surface area contributed by atoms with E-state index in [-0.39, 0.29) is 18.4 Å². The van der Waals surface area contributed by atoms with E-state index in [4.69, 9.17) is 5.11 Å². The maximum Gasteiger partial charge on any atom is 0.211 e. The summed E-state index contributed by atoms with van der Waals surface area (Å²) in [6.07, 6.45) is 3.33. The fourth-order valence-corrected chi connectivity index (χ4v) is 3.01. The maximum atomic E-state index is 11.5. The van der Waals surface area contributed by atoms with Gasteiger partial charge in [0.15, 0.2) is 0 Å². The van der Waals surface area contributed by atoms with E-state index in [1.54, 1.807) is 0 Å². The van der Waals surface area contributed by atoms with E-state index < -0.39 is 10.0 Å². The van der Waals surface area contributed by atoms with E-state index in [0.717, 1.165) is 12.8 Å². The van der Waals surface area contributed by atoms with Gasteiger partial charge in [-0.1, -0.05) is 6.92 Å². The van der Waals surface area contributed by atoms with E-state index in [9.17, 15) is 8.42 Å². The van der Waals surface area contributed by atoms with Crippen LogP contribution in [0.2, 0.25) is 0 Å². The Hall–Kier alpha value is -0.130. The molecule has 1 saturated carbocycles. The van der Waals surface area contributed by atoms with Crippen LogP contribution in [0, 0.1) is 5.92 Å². The first-order valence-corrected chi connectivity index (χ1v) is 6.85. The molecule has 1 atom stereocenters. The summed E-state index contributed by atoms with van der Waals surface area (Å²) in [5, 5.41) is 8.81. The van der Waals surface area contributed by atoms with Gasteiger partial charge in [-0.15, -0.1) is 0 Å². The zero-order valence-electron chi connectivity index (χ0n) is 8.57. The molecule has 1 unspecified atom stereocenters. The summed E-state index contributed by atoms with van der Waals surface area (Å²) in [5.74, 6) is 0.635. The molecule has 84 valence electrons. The molecule has 1 rings (SSSR count). The van der Waals surface area contributed by atoms with E-state index >= 15 is 0 Å². The lowest BCUT2D eigenvalue weighted by Crippen LogP contribution is -2.38. The number of aliphatic hydroxyl groups is 1. The van der Waals surface area contributed by atoms with Gasteiger partial charge in [-0.05, 0) is 31.6 Å². The molecule has 14 heavy (non-hydrogen) atoms. The molecule has 1 aliphatic carbocycles. The van der Waals surface area contributed by atoms with E-state index in [1.807, 2.05) is 6.92 Å². The zero-order chi connectivity index (χ0) is 10.6. The molecule has 0 aromatic carbocycles. The number of hydrogen-bond donors (Lipinski definition) is 2. The van der Waals surface area contributed by atoms with Gasteiger partial charge in [-0.25, -0.2) is 13.1 Å². The van der Waals surface area contributed by atoms with Gasteiger partial charge in [0, 0.05) is 12.6 Å². The van der Waals surface area contributed by atoms with Crippen LogP contribution in [0.3, 0.4) is 0 Å². The summed E-state index contributed by atoms with van der Waals surface area (Å²) < 4.78 is 25.6. The Morgan fingerprint density at radius 2 is 2.14 bits per heavy atom. The van der Waals surface area contributed by atoms with Gasteiger partial charge >= 0.3 is 0 Å². The van der Waals surface area contributed by atoms with Crippen molar-refractivity contribution in [2.45, 2.75) is 38.6 Å². The van der Waals surface area contributed by atoms with Crippen LogP contribution in [0.1, 0.15) is 32.6 Å². The van der Waals surface area contributed by atoms with Crippen LogP contribution in [0.4, 0.5) is 0 Å². The quantitative estimate of drug-likeness (QED) is 0.657. The smallest absolute Gasteiger partial charge is 0.211 e. The summed E-state index contributed by atoms with van der Waals surface area (Å²) >= 11 is 0. The lowest BCUT2D eigenvalue weighted by molar-refractivity contribution is 0.265. The van der Waals surface area contributed by atoms with Crippen LogP contribution in [0.25, 0.3) is 0 Å². The first-order valence-electron chi connectivity index (χ1n) is 5.20. The average molecular weight is 221 g/mol. The predicted molar refractivity (Wildman–Crippen MR) is 55.4 cm³/mol. The largest absolute Gasteiger partial charge is 0.396 e. The van der Waals surface area contributed by atoms with Gasteiger partial charge in [0.25, 0.3) is 0 Å². The Kier molecular flexibility index (Phi) is 4.34. The minimum atomic E-state index is -3.12. The zero-order valence-corrected chi connectivity index (χ0v) is 9.39. The molecule has 0 heterocycles. The number of nitrogens with one attached hydrogen (secondary N) is 1. The van der Waals surface area contributed by atoms with Gasteiger partial charge in [0.2, 0.25) is 10.0 Å². The predicted octanol–water partition coefficient (Wildman–Crippen LogP) is 0.477. The van der Waals surface area contributed by atoms with E-state index in [0.29, 0.717) is 18.8 Å². The fourth-order valence-electron chi connectivity index (χ4n) is 1.59. The van der Waals surface area contributed by atoms with Gasteiger partial charge < -0.3 is 5.11 Å². The monoisotopic (exact) mass is 221 g/mol. The van der Waals surface area contributed by atoms with Crippen LogP contribution < -0.4 is 4.72 Å². The van der Waals surface area contributed by atoms with Crippen molar-refractivity contribution in [1.29, 1.82) is 0 Å². The molecule has 2 N–H and O–H groups in total. The Morgan fingerprint density at radius 1 is 1.50 bits per heavy atom. The van der Waals surface area contributed by atoms with Crippen molar-refractivity contribution in [3.8, 4) is 0 Å². The second kappa shape index (κ2) is 5.09. The molecular weight excluding hydrogens is 202 g/mol. The number of rotatable bonds is 7. The van der Waals surface area contributed by atoms with E-state index in [2.05, 4.69) is 4.72 Å². The molecular formula is C9H19NO3S. The van der Waals surface area contributed by atoms with E-state index in [1.165, 1.54) is 0 Å². The minimum Gasteiger partial charge on any atom is -0.396 e. The van der Waals surface area contributed by atoms with Crippen LogP contribution in [-0.4, -0.2) is 31.9 Å². The van der Waals surface area contributed by atoms with Crippen LogP contribution in [0.15, 0.2) is 0 Å². The highest BCUT2D eigenvalue weighted by molar-refractivity contribution is 7.89. The molecule has 0 amide bonds. The highest BCUT2D eigenvalue weighted by atomic mass is 32.2. The highest BCUT2D eigenvalue weighted by Gasteiger charge is 2.33. The van der Waals surface area contributed by atoms with Gasteiger partial charge in [0.05, 0.1) is 5.75 Å². The van der Waals surface area contributed by atoms with Crippen molar-refractivity contribution >= 4 is 10.0 Å². The van der Waals surface area contributed by atoms with Crippen LogP contribution in [-0.2, 0) is 10.0 Å². The molecule has 1 fully saturated rings. The summed E-state index contributed by atoms with van der Waals surface area (Å²) in [6, 6.07) is -0.0449. The Labute approximate surface area is 85.8 Å². The average Bonchev–Trinajstić information content (AvgIpc) is 2.84. The van der Waals surface area contributed by atoms with Gasteiger partial charge in [-0.2, -0.15) is 0 Å². The SMILES string of the molecule is CCCS(=O)(=O)NC(CCO)C1CC1. The molecule has 5 heteroatoms. The van der Waals surface area contributed by atoms with Gasteiger partial charge in [0.1, 0.15) is 0 Å². The minimum absolute atomic E-state index is 0.0449. The standard InChI is InChI=1S/C9H19NO3S/c1-2-7-14(12,13)10-9(5-6-11)8-3-4-8/h8-11H,2-7H2,1H3. The van der Waals surface area contributed by atoms with Crippen molar-refractivity contribution in [2.75, 3.05) is 12.4 Å². The second-order valence-electron chi connectivity index (χ2n) is 3.89. The normalized spacial score (nSPS) is 19.6. The molecule has 0 saturated heterocycles. The number of sulfonamides is 1. The van der Waals surface area contributed by atoms with Crippen molar-refractivity contribution in [3.63, 3.8) is 0 Å². The molecule has 0 aliphatic heterocycles. The summed E-state index contributed by atoms with van der Waals surface area (Å²) in [7, 11) is -3.12. The first kappa shape index (κ1) is 11.9. The third kappa shape index (κ3) is 3.94. The van der Waals surface area contributed by atoms with Crippen molar-refractivity contribution in [3.05, 3.63) is 0 Å². The second-order valence-corrected chi connectivity index (χ2v) is 5.77. The highest BCUT2D eigenvalue weighted by Crippen LogP contribution is 2.34. The first-order chi connectivity index (χ1) is 6.59. The lowest BCUT2D eigenvalue weighted by atomic mass is 10.1. The lowest BCUT2D eigenvalue weighted by Gasteiger charge is -2.16. The fraction of sp³-hybridized carbons (Fsp3) is 1.00. The Morgan fingerprint density at radius 3 is 2.57 bits per heavy atom. The molecule has 0 aromatic heterocycles.